The third-order valence-electron chi connectivity index (χ3n) is 4.48. The molecule has 9 nitrogen and oxygen atoms in total. The maximum absolute atomic E-state index is 12.4. The number of rotatable bonds is 5. The highest BCUT2D eigenvalue weighted by Gasteiger charge is 2.18. The van der Waals surface area contributed by atoms with Crippen LogP contribution in [0.25, 0.3) is 21.8 Å². The van der Waals surface area contributed by atoms with Gasteiger partial charge >= 0.3 is 5.97 Å². The summed E-state index contributed by atoms with van der Waals surface area (Å²) in [5, 5.41) is 13.8. The number of anilines is 2. The van der Waals surface area contributed by atoms with E-state index in [4.69, 9.17) is 0 Å². The summed E-state index contributed by atoms with van der Waals surface area (Å²) in [5.41, 5.74) is 1.59. The van der Waals surface area contributed by atoms with Crippen LogP contribution < -0.4 is 5.32 Å². The van der Waals surface area contributed by atoms with Crippen LogP contribution in [0.5, 0.6) is 0 Å². The minimum absolute atomic E-state index is 0.0221. The SMILES string of the molecule is CN(C)S(=O)(=O)c1cccc(Nc2nc3cc(C(=O)O)[nH]c3c3cnccc23)c1. The van der Waals surface area contributed by atoms with Crippen LogP contribution in [0.3, 0.4) is 0 Å². The quantitative estimate of drug-likeness (QED) is 0.461. The number of carboxylic acids is 1. The Labute approximate surface area is 166 Å². The van der Waals surface area contributed by atoms with Crippen molar-refractivity contribution < 1.29 is 18.3 Å². The molecule has 0 fully saturated rings. The van der Waals surface area contributed by atoms with E-state index in [9.17, 15) is 18.3 Å². The number of H-pyrrole nitrogens is 1. The molecule has 0 atom stereocenters. The van der Waals surface area contributed by atoms with Gasteiger partial charge in [0.2, 0.25) is 10.0 Å². The Hall–Kier alpha value is -3.50. The number of sulfonamides is 1. The van der Waals surface area contributed by atoms with Crippen LogP contribution in [0.1, 0.15) is 10.5 Å². The first-order valence-electron chi connectivity index (χ1n) is 8.57. The van der Waals surface area contributed by atoms with Crippen molar-refractivity contribution in [1.82, 2.24) is 19.3 Å². The number of hydrogen-bond acceptors (Lipinski definition) is 6. The predicted molar refractivity (Wildman–Crippen MR) is 109 cm³/mol. The molecular formula is C19H17N5O4S. The largest absolute Gasteiger partial charge is 0.477 e. The number of aromatic carboxylic acids is 1. The van der Waals surface area contributed by atoms with Crippen molar-refractivity contribution in [3.05, 3.63) is 54.5 Å². The van der Waals surface area contributed by atoms with Crippen molar-refractivity contribution in [1.29, 1.82) is 0 Å². The Morgan fingerprint density at radius 1 is 1.17 bits per heavy atom. The number of carbonyl (C=O) groups is 1. The molecular weight excluding hydrogens is 394 g/mol. The molecule has 10 heteroatoms. The van der Waals surface area contributed by atoms with Gasteiger partial charge in [-0.1, -0.05) is 6.07 Å². The number of aromatic nitrogens is 3. The van der Waals surface area contributed by atoms with Crippen molar-refractivity contribution in [2.24, 2.45) is 0 Å². The van der Waals surface area contributed by atoms with Crippen molar-refractivity contribution in [3.8, 4) is 0 Å². The second-order valence-corrected chi connectivity index (χ2v) is 8.72. The van der Waals surface area contributed by atoms with Crippen molar-refractivity contribution in [2.75, 3.05) is 19.4 Å². The van der Waals surface area contributed by atoms with Gasteiger partial charge in [-0.3, -0.25) is 4.98 Å². The van der Waals surface area contributed by atoms with E-state index in [0.717, 1.165) is 4.31 Å². The van der Waals surface area contributed by atoms with Gasteiger partial charge < -0.3 is 15.4 Å². The molecule has 3 heterocycles. The summed E-state index contributed by atoms with van der Waals surface area (Å²) in [4.78, 5) is 23.0. The Morgan fingerprint density at radius 3 is 2.69 bits per heavy atom. The second kappa shape index (κ2) is 6.83. The Kier molecular flexibility index (Phi) is 4.44. The van der Waals surface area contributed by atoms with E-state index < -0.39 is 16.0 Å². The summed E-state index contributed by atoms with van der Waals surface area (Å²) in [5.74, 6) is -0.624. The summed E-state index contributed by atoms with van der Waals surface area (Å²) in [6, 6.07) is 9.61. The number of carboxylic acid groups (broad SMARTS) is 1. The molecule has 148 valence electrons. The van der Waals surface area contributed by atoms with Crippen LogP contribution in [0.2, 0.25) is 0 Å². The topological polar surface area (TPSA) is 128 Å². The number of hydrogen-bond donors (Lipinski definition) is 3. The number of benzene rings is 1. The normalized spacial score (nSPS) is 12.0. The third-order valence-corrected chi connectivity index (χ3v) is 6.29. The third kappa shape index (κ3) is 3.28. The van der Waals surface area contributed by atoms with Crippen molar-refractivity contribution in [2.45, 2.75) is 4.90 Å². The summed E-state index contributed by atoms with van der Waals surface area (Å²) < 4.78 is 26.0. The van der Waals surface area contributed by atoms with Crippen LogP contribution in [0.15, 0.2) is 53.7 Å². The minimum Gasteiger partial charge on any atom is -0.477 e. The molecule has 3 N–H and O–H groups in total. The molecule has 0 amide bonds. The van der Waals surface area contributed by atoms with Crippen LogP contribution in [0, 0.1) is 0 Å². The van der Waals surface area contributed by atoms with Crippen LogP contribution >= 0.6 is 0 Å². The summed E-state index contributed by atoms with van der Waals surface area (Å²) >= 11 is 0. The second-order valence-electron chi connectivity index (χ2n) is 6.57. The van der Waals surface area contributed by atoms with Gasteiger partial charge in [-0.05, 0) is 30.3 Å². The highest BCUT2D eigenvalue weighted by molar-refractivity contribution is 7.89. The number of nitrogens with one attached hydrogen (secondary N) is 2. The van der Waals surface area contributed by atoms with E-state index in [-0.39, 0.29) is 10.6 Å². The molecule has 0 spiro atoms. The Balaban J connectivity index is 1.85. The predicted octanol–water partition coefficient (Wildman–Crippen LogP) is 2.80. The standard InChI is InChI=1S/C19H17N5O4S/c1-24(2)29(27,28)12-5-3-4-11(8-12)21-18-13-6-7-20-10-14(13)17-15(23-18)9-16(22-17)19(25)26/h3-10,22H,1-2H3,(H,21,23)(H,25,26). The number of fused-ring (bicyclic) bond motifs is 3. The summed E-state index contributed by atoms with van der Waals surface area (Å²) in [6.45, 7) is 0. The Bertz CT molecular complexity index is 1360. The molecule has 3 aromatic heterocycles. The first-order valence-corrected chi connectivity index (χ1v) is 10.0. The fourth-order valence-electron chi connectivity index (χ4n) is 3.01. The Morgan fingerprint density at radius 2 is 1.97 bits per heavy atom. The van der Waals surface area contributed by atoms with Gasteiger partial charge in [-0.2, -0.15) is 0 Å². The van der Waals surface area contributed by atoms with Gasteiger partial charge in [0.15, 0.2) is 0 Å². The summed E-state index contributed by atoms with van der Waals surface area (Å²) in [7, 11) is -0.643. The zero-order valence-electron chi connectivity index (χ0n) is 15.5. The lowest BCUT2D eigenvalue weighted by atomic mass is 10.2. The molecule has 0 aliphatic heterocycles. The van der Waals surface area contributed by atoms with E-state index in [1.54, 1.807) is 30.6 Å². The molecule has 0 saturated heterocycles. The van der Waals surface area contributed by atoms with Gasteiger partial charge in [0.25, 0.3) is 0 Å². The van der Waals surface area contributed by atoms with Gasteiger partial charge in [0.1, 0.15) is 11.5 Å². The van der Waals surface area contributed by atoms with E-state index in [1.165, 1.54) is 32.3 Å². The van der Waals surface area contributed by atoms with Gasteiger partial charge in [0, 0.05) is 42.9 Å². The molecule has 4 rings (SSSR count). The first kappa shape index (κ1) is 18.8. The van der Waals surface area contributed by atoms with E-state index in [0.29, 0.717) is 33.3 Å². The van der Waals surface area contributed by atoms with Gasteiger partial charge in [-0.15, -0.1) is 0 Å². The smallest absolute Gasteiger partial charge is 0.352 e. The molecule has 0 unspecified atom stereocenters. The molecule has 4 aromatic rings. The minimum atomic E-state index is -3.58. The van der Waals surface area contributed by atoms with Crippen LogP contribution in [-0.4, -0.2) is 52.8 Å². The molecule has 29 heavy (non-hydrogen) atoms. The zero-order chi connectivity index (χ0) is 20.8. The van der Waals surface area contributed by atoms with Crippen molar-refractivity contribution >= 4 is 49.3 Å². The average Bonchev–Trinajstić information content (AvgIpc) is 3.13. The number of aromatic amines is 1. The fraction of sp³-hybridized carbons (Fsp3) is 0.105. The lowest BCUT2D eigenvalue weighted by molar-refractivity contribution is 0.0691. The number of pyridine rings is 2. The van der Waals surface area contributed by atoms with E-state index in [1.807, 2.05) is 0 Å². The molecule has 0 aliphatic rings. The monoisotopic (exact) mass is 411 g/mol. The van der Waals surface area contributed by atoms with Crippen LogP contribution in [-0.2, 0) is 10.0 Å². The maximum atomic E-state index is 12.4. The summed E-state index contributed by atoms with van der Waals surface area (Å²) in [6.07, 6.45) is 3.23. The lowest BCUT2D eigenvalue weighted by Crippen LogP contribution is -2.22. The highest BCUT2D eigenvalue weighted by Crippen LogP contribution is 2.31. The number of nitrogens with zero attached hydrogens (tertiary/aromatic N) is 3. The first-order chi connectivity index (χ1) is 13.8. The lowest BCUT2D eigenvalue weighted by Gasteiger charge is -2.14. The molecule has 0 saturated carbocycles. The molecule has 0 aliphatic carbocycles. The van der Waals surface area contributed by atoms with Gasteiger partial charge in [-0.25, -0.2) is 22.5 Å². The zero-order valence-corrected chi connectivity index (χ0v) is 16.4. The van der Waals surface area contributed by atoms with Crippen LogP contribution in [0.4, 0.5) is 11.5 Å². The highest BCUT2D eigenvalue weighted by atomic mass is 32.2. The molecule has 1 aromatic carbocycles. The van der Waals surface area contributed by atoms with Gasteiger partial charge in [0.05, 0.1) is 15.9 Å². The van der Waals surface area contributed by atoms with E-state index >= 15 is 0 Å². The average molecular weight is 411 g/mol. The maximum Gasteiger partial charge on any atom is 0.352 e. The van der Waals surface area contributed by atoms with E-state index in [2.05, 4.69) is 20.3 Å². The molecule has 0 radical (unpaired) electrons. The molecule has 0 bridgehead atoms. The fourth-order valence-corrected chi connectivity index (χ4v) is 3.96. The van der Waals surface area contributed by atoms with Crippen molar-refractivity contribution in [3.63, 3.8) is 0 Å².